The lowest BCUT2D eigenvalue weighted by Gasteiger charge is -2.32. The Balaban J connectivity index is 1.83. The first-order valence-corrected chi connectivity index (χ1v) is 6.61. The van der Waals surface area contributed by atoms with Crippen LogP contribution in [0.4, 0.5) is 0 Å². The van der Waals surface area contributed by atoms with Crippen LogP contribution >= 0.6 is 0 Å². The summed E-state index contributed by atoms with van der Waals surface area (Å²) in [6.45, 7) is 4.99. The van der Waals surface area contributed by atoms with Crippen molar-refractivity contribution in [2.45, 2.75) is 45.6 Å². The molecule has 4 heteroatoms. The Bertz CT molecular complexity index is 307. The highest BCUT2D eigenvalue weighted by atomic mass is 16.2. The number of amides is 2. The van der Waals surface area contributed by atoms with Crippen LogP contribution in [0.15, 0.2) is 0 Å². The van der Waals surface area contributed by atoms with Crippen LogP contribution in [0.5, 0.6) is 0 Å². The minimum Gasteiger partial charge on any atom is -0.355 e. The molecule has 0 spiro atoms. The molecule has 0 aromatic rings. The Morgan fingerprint density at radius 2 is 1.88 bits per heavy atom. The van der Waals surface area contributed by atoms with E-state index in [1.807, 2.05) is 0 Å². The first-order chi connectivity index (χ1) is 8.04. The van der Waals surface area contributed by atoms with Crippen LogP contribution in [0, 0.1) is 17.8 Å². The minimum absolute atomic E-state index is 0.00414. The smallest absolute Gasteiger partial charge is 0.225 e. The zero-order valence-corrected chi connectivity index (χ0v) is 10.7. The molecule has 96 valence electrons. The maximum Gasteiger partial charge on any atom is 0.225 e. The molecule has 2 aliphatic rings. The van der Waals surface area contributed by atoms with Gasteiger partial charge in [0.15, 0.2) is 0 Å². The molecule has 0 aromatic heterocycles. The van der Waals surface area contributed by atoms with Gasteiger partial charge in [-0.15, -0.1) is 0 Å². The average molecular weight is 238 g/mol. The SMILES string of the molecule is CC1CC(C)CC(NC(=O)C2CNC(=O)C2)C1. The van der Waals surface area contributed by atoms with Crippen molar-refractivity contribution in [3.63, 3.8) is 0 Å². The molecule has 1 saturated carbocycles. The van der Waals surface area contributed by atoms with Crippen molar-refractivity contribution < 1.29 is 9.59 Å². The van der Waals surface area contributed by atoms with Crippen molar-refractivity contribution in [1.82, 2.24) is 10.6 Å². The summed E-state index contributed by atoms with van der Waals surface area (Å²) < 4.78 is 0. The second-order valence-corrected chi connectivity index (χ2v) is 5.83. The van der Waals surface area contributed by atoms with E-state index in [2.05, 4.69) is 24.5 Å². The highest BCUT2D eigenvalue weighted by Gasteiger charge is 2.31. The van der Waals surface area contributed by atoms with Crippen LogP contribution in [0.1, 0.15) is 39.5 Å². The van der Waals surface area contributed by atoms with Gasteiger partial charge in [-0.05, 0) is 31.1 Å². The summed E-state index contributed by atoms with van der Waals surface area (Å²) in [6.07, 6.45) is 3.76. The fourth-order valence-electron chi connectivity index (χ4n) is 3.17. The quantitative estimate of drug-likeness (QED) is 0.756. The van der Waals surface area contributed by atoms with Crippen LogP contribution in [0.3, 0.4) is 0 Å². The first-order valence-electron chi connectivity index (χ1n) is 6.61. The lowest BCUT2D eigenvalue weighted by molar-refractivity contribution is -0.127. The first kappa shape index (κ1) is 12.4. The molecule has 17 heavy (non-hydrogen) atoms. The maximum atomic E-state index is 12.0. The van der Waals surface area contributed by atoms with Gasteiger partial charge in [-0.2, -0.15) is 0 Å². The lowest BCUT2D eigenvalue weighted by atomic mass is 9.80. The van der Waals surface area contributed by atoms with Crippen molar-refractivity contribution in [3.05, 3.63) is 0 Å². The Kier molecular flexibility index (Phi) is 3.69. The van der Waals surface area contributed by atoms with E-state index in [1.54, 1.807) is 0 Å². The van der Waals surface area contributed by atoms with Crippen molar-refractivity contribution in [2.75, 3.05) is 6.54 Å². The number of hydrogen-bond donors (Lipinski definition) is 2. The van der Waals surface area contributed by atoms with E-state index in [0.29, 0.717) is 30.8 Å². The third-order valence-electron chi connectivity index (χ3n) is 3.87. The fourth-order valence-corrected chi connectivity index (χ4v) is 3.17. The topological polar surface area (TPSA) is 58.2 Å². The van der Waals surface area contributed by atoms with Gasteiger partial charge >= 0.3 is 0 Å². The van der Waals surface area contributed by atoms with Gasteiger partial charge in [0.25, 0.3) is 0 Å². The molecule has 4 nitrogen and oxygen atoms in total. The lowest BCUT2D eigenvalue weighted by Crippen LogP contribution is -2.43. The van der Waals surface area contributed by atoms with E-state index >= 15 is 0 Å². The monoisotopic (exact) mass is 238 g/mol. The van der Waals surface area contributed by atoms with Gasteiger partial charge in [0.2, 0.25) is 11.8 Å². The predicted molar refractivity (Wildman–Crippen MR) is 65.2 cm³/mol. The number of carbonyl (C=O) groups is 2. The molecule has 1 aliphatic carbocycles. The summed E-state index contributed by atoms with van der Waals surface area (Å²) in [5.41, 5.74) is 0. The molecular formula is C13H22N2O2. The number of hydrogen-bond acceptors (Lipinski definition) is 2. The Morgan fingerprint density at radius 3 is 2.41 bits per heavy atom. The molecule has 3 unspecified atom stereocenters. The van der Waals surface area contributed by atoms with Crippen molar-refractivity contribution >= 4 is 11.8 Å². The third-order valence-corrected chi connectivity index (χ3v) is 3.87. The van der Waals surface area contributed by atoms with E-state index in [0.717, 1.165) is 12.8 Å². The van der Waals surface area contributed by atoms with Gasteiger partial charge in [0.05, 0.1) is 5.92 Å². The second-order valence-electron chi connectivity index (χ2n) is 5.83. The summed E-state index contributed by atoms with van der Waals surface area (Å²) in [4.78, 5) is 23.0. The maximum absolute atomic E-state index is 12.0. The summed E-state index contributed by atoms with van der Waals surface area (Å²) in [6, 6.07) is 0.303. The van der Waals surface area contributed by atoms with Gasteiger partial charge in [0, 0.05) is 19.0 Å². The molecule has 2 N–H and O–H groups in total. The minimum atomic E-state index is -0.157. The summed E-state index contributed by atoms with van der Waals surface area (Å²) in [5.74, 6) is 1.26. The Morgan fingerprint density at radius 1 is 1.24 bits per heavy atom. The molecular weight excluding hydrogens is 216 g/mol. The Labute approximate surface area is 103 Å². The largest absolute Gasteiger partial charge is 0.355 e. The molecule has 0 bridgehead atoms. The summed E-state index contributed by atoms with van der Waals surface area (Å²) >= 11 is 0. The molecule has 2 fully saturated rings. The second kappa shape index (κ2) is 5.07. The molecule has 1 aliphatic heterocycles. The van der Waals surface area contributed by atoms with Gasteiger partial charge in [-0.25, -0.2) is 0 Å². The molecule has 1 saturated heterocycles. The van der Waals surface area contributed by atoms with Crippen molar-refractivity contribution in [2.24, 2.45) is 17.8 Å². The van der Waals surface area contributed by atoms with E-state index in [9.17, 15) is 9.59 Å². The van der Waals surface area contributed by atoms with Crippen molar-refractivity contribution in [3.8, 4) is 0 Å². The molecule has 2 rings (SSSR count). The number of rotatable bonds is 2. The average Bonchev–Trinajstić information content (AvgIpc) is 2.63. The van der Waals surface area contributed by atoms with Gasteiger partial charge < -0.3 is 10.6 Å². The van der Waals surface area contributed by atoms with Gasteiger partial charge in [-0.3, -0.25) is 9.59 Å². The molecule has 3 atom stereocenters. The van der Waals surface area contributed by atoms with Crippen LogP contribution < -0.4 is 10.6 Å². The van der Waals surface area contributed by atoms with E-state index in [4.69, 9.17) is 0 Å². The number of carbonyl (C=O) groups excluding carboxylic acids is 2. The zero-order valence-electron chi connectivity index (χ0n) is 10.7. The van der Waals surface area contributed by atoms with Crippen molar-refractivity contribution in [1.29, 1.82) is 0 Å². The van der Waals surface area contributed by atoms with Crippen LogP contribution in [-0.2, 0) is 9.59 Å². The fraction of sp³-hybridized carbons (Fsp3) is 0.846. The van der Waals surface area contributed by atoms with Gasteiger partial charge in [0.1, 0.15) is 0 Å². The van der Waals surface area contributed by atoms with E-state index < -0.39 is 0 Å². The highest BCUT2D eigenvalue weighted by Crippen LogP contribution is 2.28. The van der Waals surface area contributed by atoms with Gasteiger partial charge in [-0.1, -0.05) is 13.8 Å². The molecule has 1 heterocycles. The normalized spacial score (nSPS) is 37.6. The Hall–Kier alpha value is -1.06. The molecule has 0 radical (unpaired) electrons. The predicted octanol–water partition coefficient (Wildman–Crippen LogP) is 1.06. The zero-order chi connectivity index (χ0) is 12.4. The van der Waals surface area contributed by atoms with E-state index in [1.165, 1.54) is 6.42 Å². The number of nitrogens with one attached hydrogen (secondary N) is 2. The molecule has 2 amide bonds. The summed E-state index contributed by atoms with van der Waals surface area (Å²) in [7, 11) is 0. The molecule has 0 aromatic carbocycles. The van der Waals surface area contributed by atoms with Crippen LogP contribution in [0.2, 0.25) is 0 Å². The summed E-state index contributed by atoms with van der Waals surface area (Å²) in [5, 5.41) is 5.82. The van der Waals surface area contributed by atoms with E-state index in [-0.39, 0.29) is 17.7 Å². The van der Waals surface area contributed by atoms with Crippen LogP contribution in [0.25, 0.3) is 0 Å². The third kappa shape index (κ3) is 3.20. The standard InChI is InChI=1S/C13H22N2O2/c1-8-3-9(2)5-11(4-8)15-13(17)10-6-12(16)14-7-10/h8-11H,3-7H2,1-2H3,(H,14,16)(H,15,17). The van der Waals surface area contributed by atoms with Crippen LogP contribution in [-0.4, -0.2) is 24.4 Å². The highest BCUT2D eigenvalue weighted by molar-refractivity contribution is 5.89.